The van der Waals surface area contributed by atoms with E-state index in [0.29, 0.717) is 21.3 Å². The maximum Gasteiger partial charge on any atom is 0.433 e. The fourth-order valence-corrected chi connectivity index (χ4v) is 4.27. The molecule has 0 bridgehead atoms. The molecule has 1 aromatic heterocycles. The van der Waals surface area contributed by atoms with Gasteiger partial charge in [0.1, 0.15) is 11.4 Å². The van der Waals surface area contributed by atoms with Gasteiger partial charge in [-0.05, 0) is 54.1 Å². The van der Waals surface area contributed by atoms with E-state index < -0.39 is 40.3 Å². The Labute approximate surface area is 227 Å². The number of carbonyl (C=O) groups is 1. The van der Waals surface area contributed by atoms with Crippen LogP contribution in [0.1, 0.15) is 27.2 Å². The Morgan fingerprint density at radius 3 is 2.13 bits per heavy atom. The first-order valence-electron chi connectivity index (χ1n) is 11.0. The number of aromatic hydroxyl groups is 1. The molecule has 0 radical (unpaired) electrons. The maximum atomic E-state index is 13.5. The number of hydrogen-bond acceptors (Lipinski definition) is 3. The van der Waals surface area contributed by atoms with E-state index in [0.717, 1.165) is 31.3 Å². The van der Waals surface area contributed by atoms with Gasteiger partial charge in [0.15, 0.2) is 0 Å². The Morgan fingerprint density at radius 1 is 0.923 bits per heavy atom. The third-order valence-corrected chi connectivity index (χ3v) is 6.32. The van der Waals surface area contributed by atoms with Gasteiger partial charge in [0.05, 0.1) is 22.8 Å². The van der Waals surface area contributed by atoms with Crippen molar-refractivity contribution in [2.75, 3.05) is 4.90 Å². The molecule has 0 saturated heterocycles. The minimum absolute atomic E-state index is 0.0266. The first kappa shape index (κ1) is 28.3. The largest absolute Gasteiger partial charge is 0.507 e. The van der Waals surface area contributed by atoms with Crippen molar-refractivity contribution in [3.63, 3.8) is 0 Å². The second-order valence-corrected chi connectivity index (χ2v) is 9.29. The van der Waals surface area contributed by atoms with Gasteiger partial charge in [-0.25, -0.2) is 0 Å². The summed E-state index contributed by atoms with van der Waals surface area (Å²) in [7, 11) is 1.11. The summed E-state index contributed by atoms with van der Waals surface area (Å²) in [5.74, 6) is -1.22. The van der Waals surface area contributed by atoms with Crippen LogP contribution >= 0.6 is 23.2 Å². The summed E-state index contributed by atoms with van der Waals surface area (Å²) in [4.78, 5) is 14.7. The van der Waals surface area contributed by atoms with Crippen molar-refractivity contribution in [2.24, 2.45) is 7.05 Å². The van der Waals surface area contributed by atoms with Crippen LogP contribution in [0.3, 0.4) is 0 Å². The molecule has 3 aromatic carbocycles. The zero-order valence-corrected chi connectivity index (χ0v) is 21.3. The van der Waals surface area contributed by atoms with Gasteiger partial charge in [0.25, 0.3) is 5.91 Å². The summed E-state index contributed by atoms with van der Waals surface area (Å²) in [6.07, 6.45) is -9.39. The fourth-order valence-electron chi connectivity index (χ4n) is 3.86. The highest BCUT2D eigenvalue weighted by atomic mass is 35.5. The summed E-state index contributed by atoms with van der Waals surface area (Å²) in [6, 6.07) is 13.6. The fraction of sp³-hybridized carbons (Fsp3) is 0.154. The topological polar surface area (TPSA) is 58.4 Å². The molecule has 0 spiro atoms. The number of halogens is 8. The molecule has 5 nitrogen and oxygen atoms in total. The first-order chi connectivity index (χ1) is 18.1. The van der Waals surface area contributed by atoms with Crippen LogP contribution in [0, 0.1) is 0 Å². The number of alkyl halides is 6. The molecule has 0 aliphatic carbocycles. The number of benzene rings is 3. The lowest BCUT2D eigenvalue weighted by atomic mass is 10.1. The number of anilines is 1. The number of aromatic nitrogens is 2. The second-order valence-electron chi connectivity index (χ2n) is 8.45. The smallest absolute Gasteiger partial charge is 0.433 e. The molecule has 1 heterocycles. The number of rotatable bonds is 5. The van der Waals surface area contributed by atoms with Crippen molar-refractivity contribution in [1.29, 1.82) is 0 Å². The molecule has 0 unspecified atom stereocenters. The number of hydrogen-bond donors (Lipinski definition) is 1. The Bertz CT molecular complexity index is 1530. The highest BCUT2D eigenvalue weighted by Gasteiger charge is 2.36. The molecule has 1 N–H and O–H groups in total. The van der Waals surface area contributed by atoms with Gasteiger partial charge in [0.2, 0.25) is 0 Å². The molecule has 0 aliphatic heterocycles. The monoisotopic (exact) mass is 587 g/mol. The summed E-state index contributed by atoms with van der Waals surface area (Å²) in [5, 5.41) is 14.3. The summed E-state index contributed by atoms with van der Waals surface area (Å²) in [5.41, 5.74) is -1.78. The Kier molecular flexibility index (Phi) is 7.59. The van der Waals surface area contributed by atoms with E-state index in [1.807, 2.05) is 0 Å². The molecule has 0 fully saturated rings. The highest BCUT2D eigenvalue weighted by molar-refractivity contribution is 6.32. The summed E-state index contributed by atoms with van der Waals surface area (Å²) >= 11 is 11.7. The molecule has 39 heavy (non-hydrogen) atoms. The minimum atomic E-state index is -4.72. The van der Waals surface area contributed by atoms with E-state index in [1.54, 1.807) is 24.3 Å². The lowest BCUT2D eigenvalue weighted by Crippen LogP contribution is -2.30. The van der Waals surface area contributed by atoms with E-state index in [1.165, 1.54) is 17.0 Å². The van der Waals surface area contributed by atoms with Crippen molar-refractivity contribution in [1.82, 2.24) is 9.78 Å². The lowest BCUT2D eigenvalue weighted by molar-refractivity contribution is -0.143. The number of amides is 1. The average Bonchev–Trinajstić information content (AvgIpc) is 3.24. The molecule has 204 valence electrons. The first-order valence-corrected chi connectivity index (χ1v) is 11.8. The minimum Gasteiger partial charge on any atom is -0.507 e. The van der Waals surface area contributed by atoms with E-state index >= 15 is 0 Å². The quantitative estimate of drug-likeness (QED) is 0.241. The van der Waals surface area contributed by atoms with Gasteiger partial charge in [-0.3, -0.25) is 9.48 Å². The summed E-state index contributed by atoms with van der Waals surface area (Å²) < 4.78 is 79.7. The average molecular weight is 588 g/mol. The Morgan fingerprint density at radius 2 is 1.59 bits per heavy atom. The zero-order valence-electron chi connectivity index (χ0n) is 19.8. The number of nitrogens with zero attached hydrogens (tertiary/aromatic N) is 3. The molecule has 4 aromatic rings. The molecule has 1 amide bonds. The lowest BCUT2D eigenvalue weighted by Gasteiger charge is -2.24. The van der Waals surface area contributed by atoms with Crippen LogP contribution in [0.2, 0.25) is 10.0 Å². The third-order valence-electron chi connectivity index (χ3n) is 5.76. The van der Waals surface area contributed by atoms with Crippen LogP contribution in [0.4, 0.5) is 32.0 Å². The normalized spacial score (nSPS) is 12.0. The molecule has 0 atom stereocenters. The molecular weight excluding hydrogens is 571 g/mol. The SMILES string of the molecule is Cn1nc(-c2ccc(N(Cc3ccc(Cl)cc3)C(=O)c3ccc(C(F)(F)F)c(Cl)c3)cc2O)cc1C(F)(F)F. The third kappa shape index (κ3) is 6.15. The standard InChI is InChI=1S/C26H17Cl2F6N3O2/c1-36-23(26(32,33)34)12-21(35-36)18-8-7-17(11-22(18)38)37(13-14-2-5-16(27)6-3-14)24(39)15-4-9-19(20(28)10-15)25(29,30)31/h2-12,38H,13H2,1H3. The number of aryl methyl sites for hydroxylation is 1. The van der Waals surface area contributed by atoms with Crippen molar-refractivity contribution >= 4 is 34.8 Å². The highest BCUT2D eigenvalue weighted by Crippen LogP contribution is 2.38. The van der Waals surface area contributed by atoms with Gasteiger partial charge < -0.3 is 10.0 Å². The Hall–Kier alpha value is -3.70. The van der Waals surface area contributed by atoms with Gasteiger partial charge >= 0.3 is 12.4 Å². The van der Waals surface area contributed by atoms with Crippen LogP contribution in [0.15, 0.2) is 66.7 Å². The Balaban J connectivity index is 1.75. The van der Waals surface area contributed by atoms with Crippen LogP contribution < -0.4 is 4.90 Å². The van der Waals surface area contributed by atoms with Crippen LogP contribution in [0.5, 0.6) is 5.75 Å². The van der Waals surface area contributed by atoms with Crippen LogP contribution in [-0.2, 0) is 25.9 Å². The second kappa shape index (κ2) is 10.5. The number of phenolic OH excluding ortho intramolecular Hbond substituents is 1. The van der Waals surface area contributed by atoms with Crippen molar-refractivity contribution < 1.29 is 36.2 Å². The van der Waals surface area contributed by atoms with E-state index in [-0.39, 0.29) is 29.1 Å². The van der Waals surface area contributed by atoms with Gasteiger partial charge in [-0.1, -0.05) is 35.3 Å². The number of carbonyl (C=O) groups excluding carboxylic acids is 1. The predicted octanol–water partition coefficient (Wildman–Crippen LogP) is 7.98. The van der Waals surface area contributed by atoms with E-state index in [9.17, 15) is 36.2 Å². The molecular formula is C26H17Cl2F6N3O2. The van der Waals surface area contributed by atoms with E-state index in [4.69, 9.17) is 23.2 Å². The van der Waals surface area contributed by atoms with Gasteiger partial charge in [0, 0.05) is 35.0 Å². The van der Waals surface area contributed by atoms with Gasteiger partial charge in [-0.15, -0.1) is 0 Å². The van der Waals surface area contributed by atoms with Crippen molar-refractivity contribution in [3.05, 3.63) is 99.2 Å². The zero-order chi connectivity index (χ0) is 28.7. The predicted molar refractivity (Wildman–Crippen MR) is 134 cm³/mol. The van der Waals surface area contributed by atoms with Crippen LogP contribution in [0.25, 0.3) is 11.3 Å². The van der Waals surface area contributed by atoms with Crippen molar-refractivity contribution in [2.45, 2.75) is 18.9 Å². The molecule has 4 rings (SSSR count). The van der Waals surface area contributed by atoms with E-state index in [2.05, 4.69) is 5.10 Å². The van der Waals surface area contributed by atoms with Gasteiger partial charge in [-0.2, -0.15) is 31.4 Å². The maximum absolute atomic E-state index is 13.5. The number of phenols is 1. The van der Waals surface area contributed by atoms with Crippen molar-refractivity contribution in [3.8, 4) is 17.0 Å². The van der Waals surface area contributed by atoms with Crippen LogP contribution in [-0.4, -0.2) is 20.8 Å². The molecule has 13 heteroatoms. The molecule has 0 aliphatic rings. The summed E-state index contributed by atoms with van der Waals surface area (Å²) in [6.45, 7) is -0.0881. The molecule has 0 saturated carbocycles.